The van der Waals surface area contributed by atoms with Crippen molar-refractivity contribution in [1.82, 2.24) is 0 Å². The number of aromatic hydroxyl groups is 2. The Morgan fingerprint density at radius 1 is 1.06 bits per heavy atom. The van der Waals surface area contributed by atoms with Crippen molar-refractivity contribution >= 4 is 34.8 Å². The van der Waals surface area contributed by atoms with Crippen molar-refractivity contribution in [1.29, 1.82) is 0 Å². The Bertz CT molecular complexity index is 619. The van der Waals surface area contributed by atoms with E-state index in [0.717, 1.165) is 6.08 Å². The number of phenols is 2. The smallest absolute Gasteiger partial charge is 0.232 e. The van der Waals surface area contributed by atoms with E-state index in [-0.39, 0.29) is 16.3 Å². The van der Waals surface area contributed by atoms with Gasteiger partial charge in [0.15, 0.2) is 11.5 Å². The maximum Gasteiger partial charge on any atom is 0.232 e. The van der Waals surface area contributed by atoms with E-state index in [1.165, 1.54) is 7.11 Å². The summed E-state index contributed by atoms with van der Waals surface area (Å²) in [6, 6.07) is 0. The van der Waals surface area contributed by atoms with Crippen LogP contribution < -0.4 is 0 Å². The van der Waals surface area contributed by atoms with Crippen LogP contribution in [-0.2, 0) is 4.74 Å². The van der Waals surface area contributed by atoms with E-state index < -0.39 is 33.7 Å². The fourth-order valence-electron chi connectivity index (χ4n) is 1.66. The first-order valence-electron chi connectivity index (χ1n) is 4.67. The van der Waals surface area contributed by atoms with Crippen LogP contribution in [0.5, 0.6) is 11.5 Å². The van der Waals surface area contributed by atoms with E-state index in [4.69, 9.17) is 27.9 Å². The summed E-state index contributed by atoms with van der Waals surface area (Å²) in [7, 11) is 1.20. The largest absolute Gasteiger partial charge is 0.506 e. The topological polar surface area (TPSA) is 83.8 Å². The van der Waals surface area contributed by atoms with E-state index in [2.05, 4.69) is 0 Å². The molecule has 0 aliphatic heterocycles. The normalized spacial score (nSPS) is 14.3. The summed E-state index contributed by atoms with van der Waals surface area (Å²) in [6.45, 7) is 0. The number of fused-ring (bicyclic) bond motifs is 1. The monoisotopic (exact) mass is 288 g/mol. The molecule has 94 valence electrons. The van der Waals surface area contributed by atoms with Crippen LogP contribution in [0.15, 0.2) is 11.8 Å². The SMILES string of the molecule is COC1=CC(=O)c2c(O)c(Cl)c(Cl)c(O)c2C1=O. The van der Waals surface area contributed by atoms with Crippen molar-refractivity contribution in [3.05, 3.63) is 33.0 Å². The molecular formula is C11H6Cl2O5. The Morgan fingerprint density at radius 2 is 1.56 bits per heavy atom. The Kier molecular flexibility index (Phi) is 2.96. The number of rotatable bonds is 1. The average molecular weight is 289 g/mol. The molecule has 0 bridgehead atoms. The standard InChI is InChI=1S/C11H6Cl2O5/c1-18-4-2-3(14)5-6(9(4)15)11(17)8(13)7(12)10(5)16/h2,16-17H,1H3. The van der Waals surface area contributed by atoms with Crippen LogP contribution in [0.25, 0.3) is 0 Å². The Labute approximate surface area is 111 Å². The van der Waals surface area contributed by atoms with Crippen LogP contribution in [0.3, 0.4) is 0 Å². The van der Waals surface area contributed by atoms with Crippen LogP contribution in [0.1, 0.15) is 20.7 Å². The van der Waals surface area contributed by atoms with Gasteiger partial charge in [-0.15, -0.1) is 0 Å². The summed E-state index contributed by atoms with van der Waals surface area (Å²) in [4.78, 5) is 23.7. The highest BCUT2D eigenvalue weighted by Gasteiger charge is 2.35. The van der Waals surface area contributed by atoms with E-state index in [9.17, 15) is 19.8 Å². The quantitative estimate of drug-likeness (QED) is 0.775. The van der Waals surface area contributed by atoms with Gasteiger partial charge in [-0.3, -0.25) is 9.59 Å². The Hall–Kier alpha value is -1.72. The molecule has 7 heteroatoms. The van der Waals surface area contributed by atoms with Crippen LogP contribution in [0.2, 0.25) is 10.0 Å². The molecule has 0 aromatic heterocycles. The number of ether oxygens (including phenoxy) is 1. The molecule has 1 aromatic carbocycles. The number of carbonyl (C=O) groups excluding carboxylic acids is 2. The molecule has 5 nitrogen and oxygen atoms in total. The molecule has 2 rings (SSSR count). The lowest BCUT2D eigenvalue weighted by Crippen LogP contribution is -2.18. The second-order valence-corrected chi connectivity index (χ2v) is 4.24. The third-order valence-corrected chi connectivity index (χ3v) is 3.34. The Morgan fingerprint density at radius 3 is 2.06 bits per heavy atom. The molecule has 0 spiro atoms. The zero-order valence-corrected chi connectivity index (χ0v) is 10.5. The number of carbonyl (C=O) groups is 2. The molecule has 0 unspecified atom stereocenters. The minimum absolute atomic E-state index is 0.249. The summed E-state index contributed by atoms with van der Waals surface area (Å²) in [6.07, 6.45) is 0.911. The lowest BCUT2D eigenvalue weighted by molar-refractivity contribution is 0.0912. The van der Waals surface area contributed by atoms with Gasteiger partial charge in [0.1, 0.15) is 21.5 Å². The second-order valence-electron chi connectivity index (χ2n) is 3.48. The molecule has 0 fully saturated rings. The van der Waals surface area contributed by atoms with Gasteiger partial charge in [-0.25, -0.2) is 0 Å². The van der Waals surface area contributed by atoms with Crippen LogP contribution in [-0.4, -0.2) is 28.9 Å². The third-order valence-electron chi connectivity index (χ3n) is 2.51. The van der Waals surface area contributed by atoms with Gasteiger partial charge in [-0.2, -0.15) is 0 Å². The van der Waals surface area contributed by atoms with E-state index in [0.29, 0.717) is 0 Å². The van der Waals surface area contributed by atoms with Crippen molar-refractivity contribution in [2.45, 2.75) is 0 Å². The molecule has 0 atom stereocenters. The van der Waals surface area contributed by atoms with Gasteiger partial charge < -0.3 is 14.9 Å². The number of methoxy groups -OCH3 is 1. The summed E-state index contributed by atoms with van der Waals surface area (Å²) in [5.74, 6) is -3.00. The number of phenolic OH excluding ortho intramolecular Hbond substituents is 2. The molecule has 1 aliphatic rings. The van der Waals surface area contributed by atoms with E-state index in [1.54, 1.807) is 0 Å². The van der Waals surface area contributed by atoms with Gasteiger partial charge >= 0.3 is 0 Å². The Balaban J connectivity index is 2.86. The highest BCUT2D eigenvalue weighted by molar-refractivity contribution is 6.45. The van der Waals surface area contributed by atoms with E-state index >= 15 is 0 Å². The summed E-state index contributed by atoms with van der Waals surface area (Å²) >= 11 is 11.3. The highest BCUT2D eigenvalue weighted by atomic mass is 35.5. The molecule has 0 saturated heterocycles. The summed E-state index contributed by atoms with van der Waals surface area (Å²) in [5.41, 5.74) is -0.793. The fourth-order valence-corrected chi connectivity index (χ4v) is 2.02. The van der Waals surface area contributed by atoms with Crippen LogP contribution in [0, 0.1) is 0 Å². The average Bonchev–Trinajstić information content (AvgIpc) is 2.35. The maximum atomic E-state index is 11.9. The second kappa shape index (κ2) is 4.19. The van der Waals surface area contributed by atoms with Crippen LogP contribution in [0.4, 0.5) is 0 Å². The van der Waals surface area contributed by atoms with E-state index in [1.807, 2.05) is 0 Å². The number of allylic oxidation sites excluding steroid dienone is 2. The fraction of sp³-hybridized carbons (Fsp3) is 0.0909. The minimum atomic E-state index is -0.751. The first kappa shape index (κ1) is 12.7. The van der Waals surface area contributed by atoms with Gasteiger partial charge in [0.05, 0.1) is 18.2 Å². The number of benzene rings is 1. The molecule has 2 N–H and O–H groups in total. The maximum absolute atomic E-state index is 11.9. The number of hydrogen-bond donors (Lipinski definition) is 2. The van der Waals surface area contributed by atoms with Gasteiger partial charge in [-0.1, -0.05) is 23.2 Å². The number of halogens is 2. The molecule has 0 heterocycles. The zero-order valence-electron chi connectivity index (χ0n) is 8.95. The third kappa shape index (κ3) is 1.55. The summed E-state index contributed by atoms with van der Waals surface area (Å²) < 4.78 is 4.72. The molecule has 1 aliphatic carbocycles. The van der Waals surface area contributed by atoms with Crippen molar-refractivity contribution in [2.75, 3.05) is 7.11 Å². The van der Waals surface area contributed by atoms with Gasteiger partial charge in [0, 0.05) is 6.08 Å². The molecule has 1 aromatic rings. The lowest BCUT2D eigenvalue weighted by atomic mass is 9.91. The lowest BCUT2D eigenvalue weighted by Gasteiger charge is -2.18. The van der Waals surface area contributed by atoms with Crippen molar-refractivity contribution in [2.24, 2.45) is 0 Å². The first-order valence-corrected chi connectivity index (χ1v) is 5.43. The molecule has 18 heavy (non-hydrogen) atoms. The van der Waals surface area contributed by atoms with Crippen LogP contribution >= 0.6 is 23.2 Å². The first-order chi connectivity index (χ1) is 8.40. The van der Waals surface area contributed by atoms with Gasteiger partial charge in [0.2, 0.25) is 5.78 Å². The number of hydrogen-bond acceptors (Lipinski definition) is 5. The predicted octanol–water partition coefficient (Wildman–Crippen LogP) is 2.31. The van der Waals surface area contributed by atoms with Gasteiger partial charge in [-0.05, 0) is 0 Å². The number of Topliss-reactive ketones (excluding diaryl/α,β-unsaturated/α-hetero) is 1. The highest BCUT2D eigenvalue weighted by Crippen LogP contribution is 2.46. The number of ketones is 2. The zero-order chi connectivity index (χ0) is 13.6. The molecular weight excluding hydrogens is 283 g/mol. The van der Waals surface area contributed by atoms with Crippen molar-refractivity contribution in [3.8, 4) is 11.5 Å². The van der Waals surface area contributed by atoms with Crippen molar-refractivity contribution in [3.63, 3.8) is 0 Å². The molecule has 0 saturated carbocycles. The summed E-state index contributed by atoms with van der Waals surface area (Å²) in [5, 5.41) is 18.7. The van der Waals surface area contributed by atoms with Crippen molar-refractivity contribution < 1.29 is 24.5 Å². The van der Waals surface area contributed by atoms with Gasteiger partial charge in [0.25, 0.3) is 0 Å². The minimum Gasteiger partial charge on any atom is -0.506 e. The predicted molar refractivity (Wildman–Crippen MR) is 63.5 cm³/mol. The molecule has 0 amide bonds. The molecule has 0 radical (unpaired) electrons.